The first-order valence-electron chi connectivity index (χ1n) is 4.32. The Hall–Kier alpha value is -1.90. The summed E-state index contributed by atoms with van der Waals surface area (Å²) in [5.41, 5.74) is 2.04. The van der Waals surface area contributed by atoms with E-state index in [0.29, 0.717) is 0 Å². The molecule has 0 fully saturated rings. The van der Waals surface area contributed by atoms with Gasteiger partial charge in [0.05, 0.1) is 19.5 Å². The Balaban J connectivity index is 2.51. The third-order valence-electron chi connectivity index (χ3n) is 2.00. The Morgan fingerprint density at radius 3 is 2.43 bits per heavy atom. The summed E-state index contributed by atoms with van der Waals surface area (Å²) in [6.45, 7) is 0. The molecule has 0 N–H and O–H groups in total. The van der Waals surface area contributed by atoms with E-state index in [4.69, 9.17) is 4.74 Å². The molecule has 0 saturated heterocycles. The highest BCUT2D eigenvalue weighted by atomic mass is 16.5. The molecule has 0 radical (unpaired) electrons. The first kappa shape index (κ1) is 8.69. The minimum absolute atomic E-state index is 0.742. The summed E-state index contributed by atoms with van der Waals surface area (Å²) in [5, 5.41) is 7.61. The summed E-state index contributed by atoms with van der Waals surface area (Å²) in [5.74, 6) is 0.742. The van der Waals surface area contributed by atoms with Crippen LogP contribution in [0, 0.1) is 0 Å². The van der Waals surface area contributed by atoms with Gasteiger partial charge in [0.2, 0.25) is 0 Å². The van der Waals surface area contributed by atoms with Crippen molar-refractivity contribution in [1.82, 2.24) is 10.2 Å². The normalized spacial score (nSPS) is 9.79. The maximum absolute atomic E-state index is 5.20. The maximum atomic E-state index is 5.20. The van der Waals surface area contributed by atoms with Gasteiger partial charge in [-0.1, -0.05) is 30.3 Å². The summed E-state index contributed by atoms with van der Waals surface area (Å²) in [7, 11) is 1.63. The summed E-state index contributed by atoms with van der Waals surface area (Å²) in [4.78, 5) is 0. The Morgan fingerprint density at radius 2 is 1.71 bits per heavy atom. The van der Waals surface area contributed by atoms with Crippen LogP contribution in [-0.4, -0.2) is 17.3 Å². The van der Waals surface area contributed by atoms with Gasteiger partial charge in [-0.3, -0.25) is 0 Å². The fraction of sp³-hybridized carbons (Fsp3) is 0.0909. The molecule has 0 aliphatic rings. The molecule has 3 nitrogen and oxygen atoms in total. The average Bonchev–Trinajstić information content (AvgIpc) is 2.30. The molecule has 1 aromatic heterocycles. The lowest BCUT2D eigenvalue weighted by atomic mass is 10.1. The predicted octanol–water partition coefficient (Wildman–Crippen LogP) is 2.15. The van der Waals surface area contributed by atoms with Gasteiger partial charge in [-0.2, -0.15) is 10.2 Å². The Labute approximate surface area is 82.4 Å². The van der Waals surface area contributed by atoms with Gasteiger partial charge in [-0.15, -0.1) is 0 Å². The first-order chi connectivity index (χ1) is 6.92. The highest BCUT2D eigenvalue weighted by molar-refractivity contribution is 5.68. The van der Waals surface area contributed by atoms with Gasteiger partial charge in [0.1, 0.15) is 5.75 Å². The van der Waals surface area contributed by atoms with E-state index in [1.807, 2.05) is 30.3 Å². The van der Waals surface area contributed by atoms with E-state index in [1.165, 1.54) is 0 Å². The fourth-order valence-electron chi connectivity index (χ4n) is 1.31. The zero-order chi connectivity index (χ0) is 9.80. The third-order valence-corrected chi connectivity index (χ3v) is 2.00. The molecule has 2 aromatic rings. The van der Waals surface area contributed by atoms with E-state index in [2.05, 4.69) is 10.2 Å². The monoisotopic (exact) mass is 186 g/mol. The van der Waals surface area contributed by atoms with Crippen molar-refractivity contribution in [1.29, 1.82) is 0 Å². The Morgan fingerprint density at radius 1 is 1.00 bits per heavy atom. The van der Waals surface area contributed by atoms with Crippen LogP contribution >= 0.6 is 0 Å². The Bertz CT molecular complexity index is 415. The highest BCUT2D eigenvalue weighted by Gasteiger charge is 2.04. The van der Waals surface area contributed by atoms with Crippen molar-refractivity contribution >= 4 is 0 Å². The SMILES string of the molecule is COc1cnncc1-c1ccccc1. The van der Waals surface area contributed by atoms with E-state index in [-0.39, 0.29) is 0 Å². The van der Waals surface area contributed by atoms with Crippen molar-refractivity contribution in [2.75, 3.05) is 7.11 Å². The van der Waals surface area contributed by atoms with Crippen LogP contribution < -0.4 is 4.74 Å². The highest BCUT2D eigenvalue weighted by Crippen LogP contribution is 2.27. The van der Waals surface area contributed by atoms with E-state index in [9.17, 15) is 0 Å². The molecule has 3 heteroatoms. The summed E-state index contributed by atoms with van der Waals surface area (Å²) in [6.07, 6.45) is 3.32. The van der Waals surface area contributed by atoms with Gasteiger partial charge in [-0.05, 0) is 5.56 Å². The molecule has 0 saturated carbocycles. The van der Waals surface area contributed by atoms with Gasteiger partial charge in [0.15, 0.2) is 0 Å². The molecule has 2 rings (SSSR count). The predicted molar refractivity (Wildman–Crippen MR) is 54.0 cm³/mol. The number of benzene rings is 1. The standard InChI is InChI=1S/C11H10N2O/c1-14-11-8-13-12-7-10(11)9-5-3-2-4-6-9/h2-8H,1H3. The molecule has 0 amide bonds. The van der Waals surface area contributed by atoms with Crippen molar-refractivity contribution in [2.45, 2.75) is 0 Å². The van der Waals surface area contributed by atoms with Gasteiger partial charge in [-0.25, -0.2) is 0 Å². The molecule has 14 heavy (non-hydrogen) atoms. The van der Waals surface area contributed by atoms with Crippen LogP contribution in [0.15, 0.2) is 42.7 Å². The molecule has 0 spiro atoms. The van der Waals surface area contributed by atoms with Crippen LogP contribution in [0.1, 0.15) is 0 Å². The quantitative estimate of drug-likeness (QED) is 0.720. The number of nitrogens with zero attached hydrogens (tertiary/aromatic N) is 2. The first-order valence-corrected chi connectivity index (χ1v) is 4.32. The van der Waals surface area contributed by atoms with E-state index in [1.54, 1.807) is 19.5 Å². The lowest BCUT2D eigenvalue weighted by Gasteiger charge is -2.05. The molecule has 1 aromatic carbocycles. The van der Waals surface area contributed by atoms with Crippen LogP contribution in [-0.2, 0) is 0 Å². The van der Waals surface area contributed by atoms with Crippen molar-refractivity contribution < 1.29 is 4.74 Å². The van der Waals surface area contributed by atoms with Crippen molar-refractivity contribution in [2.24, 2.45) is 0 Å². The fourth-order valence-corrected chi connectivity index (χ4v) is 1.31. The molecule has 0 unspecified atom stereocenters. The molecule has 1 heterocycles. The van der Waals surface area contributed by atoms with Crippen molar-refractivity contribution in [3.05, 3.63) is 42.7 Å². The zero-order valence-electron chi connectivity index (χ0n) is 7.84. The number of aromatic nitrogens is 2. The molecular weight excluding hydrogens is 176 g/mol. The van der Waals surface area contributed by atoms with Gasteiger partial charge >= 0.3 is 0 Å². The topological polar surface area (TPSA) is 35.0 Å². The van der Waals surface area contributed by atoms with Gasteiger partial charge in [0.25, 0.3) is 0 Å². The lowest BCUT2D eigenvalue weighted by Crippen LogP contribution is -1.90. The van der Waals surface area contributed by atoms with E-state index < -0.39 is 0 Å². The van der Waals surface area contributed by atoms with Crippen LogP contribution in [0.5, 0.6) is 5.75 Å². The third kappa shape index (κ3) is 1.57. The second-order valence-electron chi connectivity index (χ2n) is 2.84. The minimum Gasteiger partial charge on any atom is -0.494 e. The lowest BCUT2D eigenvalue weighted by molar-refractivity contribution is 0.413. The maximum Gasteiger partial charge on any atom is 0.148 e. The smallest absolute Gasteiger partial charge is 0.148 e. The van der Waals surface area contributed by atoms with Crippen LogP contribution in [0.2, 0.25) is 0 Å². The number of hydrogen-bond acceptors (Lipinski definition) is 3. The second-order valence-corrected chi connectivity index (χ2v) is 2.84. The van der Waals surface area contributed by atoms with E-state index >= 15 is 0 Å². The molecule has 0 bridgehead atoms. The van der Waals surface area contributed by atoms with Crippen LogP contribution in [0.25, 0.3) is 11.1 Å². The van der Waals surface area contributed by atoms with Crippen LogP contribution in [0.3, 0.4) is 0 Å². The average molecular weight is 186 g/mol. The molecule has 70 valence electrons. The molecule has 0 aliphatic heterocycles. The Kier molecular flexibility index (Phi) is 2.40. The summed E-state index contributed by atoms with van der Waals surface area (Å²) >= 11 is 0. The van der Waals surface area contributed by atoms with Crippen molar-refractivity contribution in [3.8, 4) is 16.9 Å². The summed E-state index contributed by atoms with van der Waals surface area (Å²) < 4.78 is 5.20. The minimum atomic E-state index is 0.742. The molecular formula is C11H10N2O. The van der Waals surface area contributed by atoms with Gasteiger partial charge < -0.3 is 4.74 Å². The molecule has 0 aliphatic carbocycles. The van der Waals surface area contributed by atoms with Crippen LogP contribution in [0.4, 0.5) is 0 Å². The number of ether oxygens (including phenoxy) is 1. The number of rotatable bonds is 2. The largest absolute Gasteiger partial charge is 0.494 e. The number of methoxy groups -OCH3 is 1. The van der Waals surface area contributed by atoms with Crippen molar-refractivity contribution in [3.63, 3.8) is 0 Å². The molecule has 0 atom stereocenters. The second kappa shape index (κ2) is 3.87. The number of hydrogen-bond donors (Lipinski definition) is 0. The summed E-state index contributed by atoms with van der Waals surface area (Å²) in [6, 6.07) is 9.97. The van der Waals surface area contributed by atoms with E-state index in [0.717, 1.165) is 16.9 Å². The van der Waals surface area contributed by atoms with Gasteiger partial charge in [0, 0.05) is 5.56 Å². The zero-order valence-corrected chi connectivity index (χ0v) is 7.84.